The Kier molecular flexibility index (Phi) is 6.74. The first-order valence-corrected chi connectivity index (χ1v) is 6.94. The van der Waals surface area contributed by atoms with Crippen molar-refractivity contribution in [2.45, 2.75) is 20.3 Å². The lowest BCUT2D eigenvalue weighted by atomic mass is 10.1. The molecule has 0 saturated carbocycles. The number of carbonyl (C=O) groups is 1. The monoisotopic (exact) mass is 297 g/mol. The number of carbonyl (C=O) groups excluding carboxylic acids is 1. The molecule has 116 valence electrons. The van der Waals surface area contributed by atoms with E-state index in [-0.39, 0.29) is 5.56 Å². The smallest absolute Gasteiger partial charge is 0.282 e. The van der Waals surface area contributed by atoms with Gasteiger partial charge in [0.1, 0.15) is 11.4 Å². The van der Waals surface area contributed by atoms with Crippen molar-refractivity contribution in [2.75, 3.05) is 26.2 Å². The summed E-state index contributed by atoms with van der Waals surface area (Å²) in [6.45, 7) is 6.89. The Morgan fingerprint density at radius 3 is 2.67 bits per heavy atom. The molecule has 0 aliphatic heterocycles. The average molecular weight is 297 g/mol. The van der Waals surface area contributed by atoms with Gasteiger partial charge in [-0.05, 0) is 31.6 Å². The average Bonchev–Trinajstić information content (AvgIpc) is 2.45. The first-order valence-electron chi connectivity index (χ1n) is 6.94. The molecule has 0 unspecified atom stereocenters. The summed E-state index contributed by atoms with van der Waals surface area (Å²) in [7, 11) is 0. The number of nitrogens with zero attached hydrogens (tertiary/aromatic N) is 2. The largest absolute Gasteiger partial charge is 0.351 e. The molecule has 0 aromatic heterocycles. The lowest BCUT2D eigenvalue weighted by Gasteiger charge is -2.19. The van der Waals surface area contributed by atoms with Gasteiger partial charge in [-0.15, -0.1) is 0 Å². The van der Waals surface area contributed by atoms with E-state index in [1.807, 2.05) is 6.92 Å². The van der Waals surface area contributed by atoms with Crippen LogP contribution < -0.4 is 5.32 Å². The molecular weight excluding hydrogens is 277 g/mol. The second-order valence-electron chi connectivity index (χ2n) is 4.61. The highest BCUT2D eigenvalue weighted by Crippen LogP contribution is 2.19. The zero-order valence-electron chi connectivity index (χ0n) is 12.3. The standard InChI is InChI=1S/C14H20FN3O3/c1-3-8-17(4-2)9-7-16-14(19)12-10-11(15)5-6-13(12)18(20)21/h5-6,10H,3-4,7-9H2,1-2H3,(H,16,19). The van der Waals surface area contributed by atoms with Crippen molar-refractivity contribution in [3.05, 3.63) is 39.7 Å². The molecule has 1 aromatic carbocycles. The Labute approximate surface area is 123 Å². The minimum atomic E-state index is -0.691. The Balaban J connectivity index is 2.67. The fourth-order valence-corrected chi connectivity index (χ4v) is 2.02. The Morgan fingerprint density at radius 2 is 2.10 bits per heavy atom. The quantitative estimate of drug-likeness (QED) is 0.589. The summed E-state index contributed by atoms with van der Waals surface area (Å²) in [6, 6.07) is 2.85. The third-order valence-corrected chi connectivity index (χ3v) is 3.10. The van der Waals surface area contributed by atoms with E-state index in [4.69, 9.17) is 0 Å². The minimum Gasteiger partial charge on any atom is -0.351 e. The van der Waals surface area contributed by atoms with E-state index >= 15 is 0 Å². The molecule has 0 radical (unpaired) electrons. The van der Waals surface area contributed by atoms with Crippen LogP contribution in [0, 0.1) is 15.9 Å². The van der Waals surface area contributed by atoms with E-state index in [1.54, 1.807) is 0 Å². The fraction of sp³-hybridized carbons (Fsp3) is 0.500. The Morgan fingerprint density at radius 1 is 1.38 bits per heavy atom. The van der Waals surface area contributed by atoms with Crippen molar-refractivity contribution < 1.29 is 14.1 Å². The molecule has 0 aliphatic carbocycles. The van der Waals surface area contributed by atoms with Crippen molar-refractivity contribution in [1.82, 2.24) is 10.2 Å². The van der Waals surface area contributed by atoms with E-state index in [0.29, 0.717) is 13.1 Å². The van der Waals surface area contributed by atoms with Gasteiger partial charge in [-0.2, -0.15) is 0 Å². The van der Waals surface area contributed by atoms with Gasteiger partial charge in [0.25, 0.3) is 11.6 Å². The van der Waals surface area contributed by atoms with Crippen LogP contribution in [-0.2, 0) is 0 Å². The van der Waals surface area contributed by atoms with Crippen LogP contribution in [0.3, 0.4) is 0 Å². The zero-order valence-corrected chi connectivity index (χ0v) is 12.3. The molecule has 0 spiro atoms. The lowest BCUT2D eigenvalue weighted by molar-refractivity contribution is -0.385. The van der Waals surface area contributed by atoms with Crippen LogP contribution >= 0.6 is 0 Å². The van der Waals surface area contributed by atoms with Gasteiger partial charge in [-0.3, -0.25) is 14.9 Å². The summed E-state index contributed by atoms with van der Waals surface area (Å²) < 4.78 is 13.2. The van der Waals surface area contributed by atoms with Crippen LogP contribution in [0.25, 0.3) is 0 Å². The maximum atomic E-state index is 13.2. The van der Waals surface area contributed by atoms with Crippen LogP contribution in [0.15, 0.2) is 18.2 Å². The second-order valence-corrected chi connectivity index (χ2v) is 4.61. The van der Waals surface area contributed by atoms with Crippen LogP contribution in [0.4, 0.5) is 10.1 Å². The lowest BCUT2D eigenvalue weighted by Crippen LogP contribution is -2.35. The minimum absolute atomic E-state index is 0.251. The van der Waals surface area contributed by atoms with Crippen LogP contribution in [-0.4, -0.2) is 41.9 Å². The fourth-order valence-electron chi connectivity index (χ4n) is 2.02. The molecule has 0 fully saturated rings. The van der Waals surface area contributed by atoms with Gasteiger partial charge in [0, 0.05) is 19.2 Å². The number of likely N-dealkylation sites (N-methyl/N-ethyl adjacent to an activating group) is 1. The molecule has 7 heteroatoms. The highest BCUT2D eigenvalue weighted by Gasteiger charge is 2.20. The topological polar surface area (TPSA) is 75.5 Å². The van der Waals surface area contributed by atoms with Gasteiger partial charge in [0.15, 0.2) is 0 Å². The summed E-state index contributed by atoms with van der Waals surface area (Å²) in [4.78, 5) is 24.3. The van der Waals surface area contributed by atoms with E-state index in [2.05, 4.69) is 17.1 Å². The molecule has 0 aliphatic rings. The predicted molar refractivity (Wildman–Crippen MR) is 77.8 cm³/mol. The number of hydrogen-bond donors (Lipinski definition) is 1. The summed E-state index contributed by atoms with van der Waals surface area (Å²) in [6.07, 6.45) is 1.01. The second kappa shape index (κ2) is 8.31. The molecule has 1 rings (SSSR count). The molecule has 0 bridgehead atoms. The highest BCUT2D eigenvalue weighted by atomic mass is 19.1. The number of benzene rings is 1. The van der Waals surface area contributed by atoms with Gasteiger partial charge in [-0.25, -0.2) is 4.39 Å². The van der Waals surface area contributed by atoms with Crippen molar-refractivity contribution >= 4 is 11.6 Å². The molecule has 0 saturated heterocycles. The summed E-state index contributed by atoms with van der Waals surface area (Å²) in [5.74, 6) is -1.30. The van der Waals surface area contributed by atoms with Crippen molar-refractivity contribution in [2.24, 2.45) is 0 Å². The van der Waals surface area contributed by atoms with E-state index in [0.717, 1.165) is 37.7 Å². The number of hydrogen-bond acceptors (Lipinski definition) is 4. The van der Waals surface area contributed by atoms with Crippen molar-refractivity contribution in [1.29, 1.82) is 0 Å². The van der Waals surface area contributed by atoms with Gasteiger partial charge in [0.2, 0.25) is 0 Å². The van der Waals surface area contributed by atoms with Crippen LogP contribution in [0.2, 0.25) is 0 Å². The molecule has 1 aromatic rings. The van der Waals surface area contributed by atoms with Crippen LogP contribution in [0.5, 0.6) is 0 Å². The maximum absolute atomic E-state index is 13.2. The number of amides is 1. The molecule has 0 atom stereocenters. The zero-order chi connectivity index (χ0) is 15.8. The van der Waals surface area contributed by atoms with Gasteiger partial charge < -0.3 is 10.2 Å². The third kappa shape index (κ3) is 5.11. The Hall–Kier alpha value is -2.02. The maximum Gasteiger partial charge on any atom is 0.282 e. The molecular formula is C14H20FN3O3. The SMILES string of the molecule is CCCN(CC)CCNC(=O)c1cc(F)ccc1[N+](=O)[O-]. The molecule has 6 nitrogen and oxygen atoms in total. The van der Waals surface area contributed by atoms with E-state index < -0.39 is 22.3 Å². The van der Waals surface area contributed by atoms with Crippen molar-refractivity contribution in [3.8, 4) is 0 Å². The number of nitrogens with one attached hydrogen (secondary N) is 1. The summed E-state index contributed by atoms with van der Waals surface area (Å²) in [5.41, 5.74) is -0.645. The normalized spacial score (nSPS) is 10.7. The number of rotatable bonds is 8. The van der Waals surface area contributed by atoms with Crippen molar-refractivity contribution in [3.63, 3.8) is 0 Å². The molecule has 21 heavy (non-hydrogen) atoms. The third-order valence-electron chi connectivity index (χ3n) is 3.10. The summed E-state index contributed by atoms with van der Waals surface area (Å²) >= 11 is 0. The number of nitro benzene ring substituents is 1. The van der Waals surface area contributed by atoms with Gasteiger partial charge in [-0.1, -0.05) is 13.8 Å². The van der Waals surface area contributed by atoms with Gasteiger partial charge in [0.05, 0.1) is 4.92 Å². The van der Waals surface area contributed by atoms with Gasteiger partial charge >= 0.3 is 0 Å². The van der Waals surface area contributed by atoms with Crippen LogP contribution in [0.1, 0.15) is 30.6 Å². The van der Waals surface area contributed by atoms with E-state index in [9.17, 15) is 19.3 Å². The molecule has 1 amide bonds. The number of halogens is 1. The Bertz CT molecular complexity index is 508. The molecule has 1 N–H and O–H groups in total. The van der Waals surface area contributed by atoms with E-state index in [1.165, 1.54) is 0 Å². The first kappa shape index (κ1) is 17.0. The highest BCUT2D eigenvalue weighted by molar-refractivity contribution is 5.98. The first-order chi connectivity index (χ1) is 9.99. The predicted octanol–water partition coefficient (Wildman–Crippen LogP) is 2.20. The molecule has 0 heterocycles. The summed E-state index contributed by atoms with van der Waals surface area (Å²) in [5, 5.41) is 13.4. The number of nitro groups is 1.